The molecule has 3 heteroatoms. The van der Waals surface area contributed by atoms with Crippen LogP contribution in [0.3, 0.4) is 0 Å². The Bertz CT molecular complexity index is 286. The van der Waals surface area contributed by atoms with E-state index in [1.807, 2.05) is 0 Å². The van der Waals surface area contributed by atoms with Crippen molar-refractivity contribution in [2.75, 3.05) is 13.2 Å². The molecule has 0 aromatic carbocycles. The van der Waals surface area contributed by atoms with Crippen molar-refractivity contribution >= 4 is 5.78 Å². The van der Waals surface area contributed by atoms with Crippen LogP contribution in [0.5, 0.6) is 0 Å². The number of carbonyl (C=O) groups excluding carboxylic acids is 1. The Kier molecular flexibility index (Phi) is 2.55. The fraction of sp³-hybridized carbons (Fsp3) is 0.923. The molecule has 1 aliphatic carbocycles. The molecule has 3 rings (SSSR count). The van der Waals surface area contributed by atoms with Crippen LogP contribution < -0.4 is 0 Å². The molecule has 0 N–H and O–H groups in total. The number of hydrogen-bond donors (Lipinski definition) is 0. The van der Waals surface area contributed by atoms with E-state index in [0.29, 0.717) is 12.2 Å². The minimum atomic E-state index is -0.564. The van der Waals surface area contributed by atoms with E-state index in [-0.39, 0.29) is 5.60 Å². The van der Waals surface area contributed by atoms with Crippen molar-refractivity contribution in [2.24, 2.45) is 0 Å². The third-order valence-corrected chi connectivity index (χ3v) is 4.57. The number of ketones is 1. The van der Waals surface area contributed by atoms with Crippen molar-refractivity contribution in [1.82, 2.24) is 0 Å². The zero-order valence-corrected chi connectivity index (χ0v) is 9.80. The molecular weight excluding hydrogens is 204 g/mol. The lowest BCUT2D eigenvalue weighted by molar-refractivity contribution is -0.218. The summed E-state index contributed by atoms with van der Waals surface area (Å²) in [5.41, 5.74) is -0.825. The van der Waals surface area contributed by atoms with Gasteiger partial charge in [-0.15, -0.1) is 0 Å². The van der Waals surface area contributed by atoms with Crippen molar-refractivity contribution in [3.05, 3.63) is 0 Å². The number of Topliss-reactive ketones (excluding diaryl/α,β-unsaturated/α-hetero) is 1. The van der Waals surface area contributed by atoms with Gasteiger partial charge in [0.1, 0.15) is 5.60 Å². The maximum absolute atomic E-state index is 12.2. The fourth-order valence-corrected chi connectivity index (χ4v) is 3.72. The Labute approximate surface area is 96.5 Å². The highest BCUT2D eigenvalue weighted by Crippen LogP contribution is 2.51. The van der Waals surface area contributed by atoms with Crippen molar-refractivity contribution < 1.29 is 14.3 Å². The summed E-state index contributed by atoms with van der Waals surface area (Å²) in [6.07, 6.45) is 7.93. The molecule has 16 heavy (non-hydrogen) atoms. The van der Waals surface area contributed by atoms with E-state index in [1.165, 1.54) is 6.42 Å². The first-order valence-corrected chi connectivity index (χ1v) is 6.60. The summed E-state index contributed by atoms with van der Waals surface area (Å²) in [5, 5.41) is 0. The maximum atomic E-state index is 12.2. The smallest absolute Gasteiger partial charge is 0.167 e. The molecule has 0 unspecified atom stereocenters. The zero-order chi connectivity index (χ0) is 11.1. The van der Waals surface area contributed by atoms with Crippen molar-refractivity contribution in [1.29, 1.82) is 0 Å². The lowest BCUT2D eigenvalue weighted by atomic mass is 9.75. The van der Waals surface area contributed by atoms with Crippen LogP contribution in [0.4, 0.5) is 0 Å². The molecule has 90 valence electrons. The van der Waals surface area contributed by atoms with Gasteiger partial charge in [-0.05, 0) is 44.9 Å². The summed E-state index contributed by atoms with van der Waals surface area (Å²) in [7, 11) is 0. The van der Waals surface area contributed by atoms with E-state index in [9.17, 15) is 4.79 Å². The molecule has 3 nitrogen and oxygen atoms in total. The van der Waals surface area contributed by atoms with Gasteiger partial charge in [0, 0.05) is 19.6 Å². The molecule has 3 fully saturated rings. The van der Waals surface area contributed by atoms with Gasteiger partial charge in [0.25, 0.3) is 0 Å². The highest BCUT2D eigenvalue weighted by Gasteiger charge is 2.62. The predicted octanol–water partition coefficient (Wildman–Crippen LogP) is 2.23. The summed E-state index contributed by atoms with van der Waals surface area (Å²) in [6, 6.07) is 0. The minimum absolute atomic E-state index is 0.261. The number of rotatable bonds is 0. The highest BCUT2D eigenvalue weighted by molar-refractivity contribution is 5.91. The summed E-state index contributed by atoms with van der Waals surface area (Å²) >= 11 is 0. The monoisotopic (exact) mass is 224 g/mol. The van der Waals surface area contributed by atoms with Crippen LogP contribution in [0.2, 0.25) is 0 Å². The third-order valence-electron chi connectivity index (χ3n) is 4.57. The molecular formula is C13H20O3. The van der Waals surface area contributed by atoms with Crippen LogP contribution >= 0.6 is 0 Å². The SMILES string of the molecule is O=C1CC[C@]2(CCCCO2)[C@@]12CCCCO2. The second-order valence-electron chi connectivity index (χ2n) is 5.36. The van der Waals surface area contributed by atoms with Crippen LogP contribution in [0.25, 0.3) is 0 Å². The lowest BCUT2D eigenvalue weighted by Gasteiger charge is -2.48. The summed E-state index contributed by atoms with van der Waals surface area (Å²) in [6.45, 7) is 1.54. The Morgan fingerprint density at radius 3 is 2.25 bits per heavy atom. The van der Waals surface area contributed by atoms with Gasteiger partial charge in [-0.25, -0.2) is 0 Å². The van der Waals surface area contributed by atoms with Crippen molar-refractivity contribution in [3.8, 4) is 0 Å². The van der Waals surface area contributed by atoms with Crippen LogP contribution in [-0.4, -0.2) is 30.2 Å². The van der Waals surface area contributed by atoms with Gasteiger partial charge < -0.3 is 9.47 Å². The maximum Gasteiger partial charge on any atom is 0.167 e. The largest absolute Gasteiger partial charge is 0.371 e. The lowest BCUT2D eigenvalue weighted by Crippen LogP contribution is -2.59. The molecule has 2 heterocycles. The second kappa shape index (κ2) is 3.81. The average molecular weight is 224 g/mol. The first-order valence-electron chi connectivity index (χ1n) is 6.60. The zero-order valence-electron chi connectivity index (χ0n) is 9.80. The molecule has 2 spiro atoms. The first kappa shape index (κ1) is 10.7. The van der Waals surface area contributed by atoms with Gasteiger partial charge in [0.2, 0.25) is 0 Å². The Morgan fingerprint density at radius 2 is 1.62 bits per heavy atom. The van der Waals surface area contributed by atoms with Gasteiger partial charge in [-0.1, -0.05) is 0 Å². The number of carbonyl (C=O) groups is 1. The molecule has 0 radical (unpaired) electrons. The van der Waals surface area contributed by atoms with Gasteiger partial charge >= 0.3 is 0 Å². The molecule has 0 aromatic heterocycles. The van der Waals surface area contributed by atoms with Gasteiger partial charge in [0.15, 0.2) is 11.4 Å². The fourth-order valence-electron chi connectivity index (χ4n) is 3.72. The normalized spacial score (nSPS) is 44.4. The standard InChI is InChI=1S/C13H20O3/c14-11-5-8-12(6-1-3-9-15-12)13(11)7-2-4-10-16-13/h1-10H2/t12-,13-/m1/s1. The van der Waals surface area contributed by atoms with E-state index >= 15 is 0 Å². The predicted molar refractivity (Wildman–Crippen MR) is 59.3 cm³/mol. The number of hydrogen-bond acceptors (Lipinski definition) is 3. The quantitative estimate of drug-likeness (QED) is 0.633. The molecule has 3 aliphatic rings. The van der Waals surface area contributed by atoms with Gasteiger partial charge in [0.05, 0.1) is 0 Å². The van der Waals surface area contributed by atoms with Crippen LogP contribution in [-0.2, 0) is 14.3 Å². The topological polar surface area (TPSA) is 35.5 Å². The van der Waals surface area contributed by atoms with E-state index in [1.54, 1.807) is 0 Å². The number of ether oxygens (including phenoxy) is 2. The van der Waals surface area contributed by atoms with Gasteiger partial charge in [-0.3, -0.25) is 4.79 Å². The molecule has 0 amide bonds. The summed E-state index contributed by atoms with van der Waals surface area (Å²) in [4.78, 5) is 12.2. The third kappa shape index (κ3) is 1.31. The molecule has 2 saturated heterocycles. The average Bonchev–Trinajstić information content (AvgIpc) is 2.59. The van der Waals surface area contributed by atoms with Crippen LogP contribution in [0.1, 0.15) is 51.4 Å². The summed E-state index contributed by atoms with van der Waals surface area (Å²) in [5.74, 6) is 0.300. The van der Waals surface area contributed by atoms with E-state index in [0.717, 1.165) is 51.7 Å². The molecule has 0 aromatic rings. The first-order chi connectivity index (χ1) is 7.79. The van der Waals surface area contributed by atoms with Crippen LogP contribution in [0.15, 0.2) is 0 Å². The molecule has 0 bridgehead atoms. The highest BCUT2D eigenvalue weighted by atomic mass is 16.6. The molecule has 2 atom stereocenters. The minimum Gasteiger partial charge on any atom is -0.371 e. The Balaban J connectivity index is 1.94. The van der Waals surface area contributed by atoms with E-state index < -0.39 is 5.60 Å². The van der Waals surface area contributed by atoms with Crippen molar-refractivity contribution in [3.63, 3.8) is 0 Å². The van der Waals surface area contributed by atoms with Crippen LogP contribution in [0, 0.1) is 0 Å². The number of fused-ring (bicyclic) bond motifs is 1. The molecule has 1 saturated carbocycles. The Hall–Kier alpha value is -0.410. The summed E-state index contributed by atoms with van der Waals surface area (Å²) < 4.78 is 12.0. The van der Waals surface area contributed by atoms with Gasteiger partial charge in [-0.2, -0.15) is 0 Å². The van der Waals surface area contributed by atoms with E-state index in [4.69, 9.17) is 9.47 Å². The Morgan fingerprint density at radius 1 is 0.875 bits per heavy atom. The van der Waals surface area contributed by atoms with Crippen molar-refractivity contribution in [2.45, 2.75) is 62.6 Å². The second-order valence-corrected chi connectivity index (χ2v) is 5.36. The molecule has 2 aliphatic heterocycles. The van der Waals surface area contributed by atoms with E-state index in [2.05, 4.69) is 0 Å².